The van der Waals surface area contributed by atoms with Crippen molar-refractivity contribution >= 4 is 16.8 Å². The molecule has 0 amide bonds. The largest absolute Gasteiger partial charge is 0.488 e. The molecule has 0 N–H and O–H groups in total. The van der Waals surface area contributed by atoms with Crippen molar-refractivity contribution in [3.63, 3.8) is 0 Å². The van der Waals surface area contributed by atoms with E-state index in [2.05, 4.69) is 61.5 Å². The molecule has 0 saturated heterocycles. The fourth-order valence-electron chi connectivity index (χ4n) is 4.74. The molecule has 0 spiro atoms. The van der Waals surface area contributed by atoms with Gasteiger partial charge in [0.15, 0.2) is 0 Å². The molecule has 1 aliphatic heterocycles. The van der Waals surface area contributed by atoms with Gasteiger partial charge in [-0.25, -0.2) is 0 Å². The molecule has 3 aromatic rings. The molecular weight excluding hydrogens is 328 g/mol. The first kappa shape index (κ1) is 16.6. The van der Waals surface area contributed by atoms with Gasteiger partial charge in [-0.3, -0.25) is 0 Å². The molecule has 1 aliphatic carbocycles. The first-order chi connectivity index (χ1) is 13.4. The Balaban J connectivity index is 1.60. The van der Waals surface area contributed by atoms with Gasteiger partial charge in [0.1, 0.15) is 12.4 Å². The van der Waals surface area contributed by atoms with Crippen molar-refractivity contribution in [3.8, 4) is 16.9 Å². The van der Waals surface area contributed by atoms with E-state index in [1.165, 1.54) is 76.3 Å². The molecule has 136 valence electrons. The van der Waals surface area contributed by atoms with E-state index >= 15 is 0 Å². The van der Waals surface area contributed by atoms with Crippen LogP contribution in [0.25, 0.3) is 28.0 Å². The smallest absolute Gasteiger partial charge is 0.135 e. The van der Waals surface area contributed by atoms with Crippen molar-refractivity contribution in [2.75, 3.05) is 6.61 Å². The fourth-order valence-corrected chi connectivity index (χ4v) is 4.74. The SMILES string of the molecule is CCCCCCc1ccc2c(c1)Cc1c3c(c4ccccc4c1-2)OCC=C3. The highest BCUT2D eigenvalue weighted by molar-refractivity contribution is 6.07. The molecule has 3 aromatic carbocycles. The first-order valence-corrected chi connectivity index (χ1v) is 10.4. The van der Waals surface area contributed by atoms with Gasteiger partial charge in [-0.05, 0) is 58.5 Å². The van der Waals surface area contributed by atoms with Gasteiger partial charge >= 0.3 is 0 Å². The van der Waals surface area contributed by atoms with Gasteiger partial charge in [-0.1, -0.05) is 74.7 Å². The van der Waals surface area contributed by atoms with Crippen molar-refractivity contribution in [2.24, 2.45) is 0 Å². The van der Waals surface area contributed by atoms with Gasteiger partial charge in [0.25, 0.3) is 0 Å². The van der Waals surface area contributed by atoms with Crippen LogP contribution in [0.3, 0.4) is 0 Å². The molecule has 5 rings (SSSR count). The van der Waals surface area contributed by atoms with E-state index in [9.17, 15) is 0 Å². The van der Waals surface area contributed by atoms with E-state index in [1.807, 2.05) is 0 Å². The average Bonchev–Trinajstić information content (AvgIpc) is 3.11. The second-order valence-corrected chi connectivity index (χ2v) is 7.83. The zero-order chi connectivity index (χ0) is 18.2. The quantitative estimate of drug-likeness (QED) is 0.353. The van der Waals surface area contributed by atoms with Crippen LogP contribution in [0.1, 0.15) is 54.9 Å². The summed E-state index contributed by atoms with van der Waals surface area (Å²) in [6.45, 7) is 2.94. The third-order valence-corrected chi connectivity index (χ3v) is 6.05. The standard InChI is InChI=1S/C26H26O/c1-2-3-4-5-9-18-13-14-20-19(16-18)17-24-23-12-8-15-27-26(23)22-11-7-6-10-21(22)25(20)24/h6-8,10-14,16H,2-5,9,15,17H2,1H3. The number of fused-ring (bicyclic) bond motifs is 8. The Labute approximate surface area is 161 Å². The summed E-state index contributed by atoms with van der Waals surface area (Å²) in [5, 5.41) is 2.57. The van der Waals surface area contributed by atoms with Gasteiger partial charge in [-0.15, -0.1) is 0 Å². The molecule has 0 saturated carbocycles. The Bertz CT molecular complexity index is 1040. The van der Waals surface area contributed by atoms with E-state index in [-0.39, 0.29) is 0 Å². The summed E-state index contributed by atoms with van der Waals surface area (Å²) in [5.41, 5.74) is 8.54. The molecule has 0 unspecified atom stereocenters. The number of ether oxygens (including phenoxy) is 1. The van der Waals surface area contributed by atoms with E-state index < -0.39 is 0 Å². The van der Waals surface area contributed by atoms with Gasteiger partial charge in [0.2, 0.25) is 0 Å². The van der Waals surface area contributed by atoms with Gasteiger partial charge in [0.05, 0.1) is 0 Å². The lowest BCUT2D eigenvalue weighted by Gasteiger charge is -2.19. The maximum atomic E-state index is 6.07. The highest BCUT2D eigenvalue weighted by Gasteiger charge is 2.27. The summed E-state index contributed by atoms with van der Waals surface area (Å²) in [4.78, 5) is 0. The minimum atomic E-state index is 0.671. The number of benzene rings is 3. The van der Waals surface area contributed by atoms with Gasteiger partial charge in [-0.2, -0.15) is 0 Å². The van der Waals surface area contributed by atoms with Crippen molar-refractivity contribution in [1.82, 2.24) is 0 Å². The van der Waals surface area contributed by atoms with Gasteiger partial charge in [0, 0.05) is 10.9 Å². The average molecular weight is 354 g/mol. The second kappa shape index (κ2) is 6.88. The fraction of sp³-hybridized carbons (Fsp3) is 0.308. The zero-order valence-electron chi connectivity index (χ0n) is 16.1. The molecule has 0 fully saturated rings. The van der Waals surface area contributed by atoms with E-state index in [1.54, 1.807) is 0 Å². The first-order valence-electron chi connectivity index (χ1n) is 10.4. The number of hydrogen-bond donors (Lipinski definition) is 0. The molecular formula is C26H26O. The lowest BCUT2D eigenvalue weighted by molar-refractivity contribution is 0.362. The van der Waals surface area contributed by atoms with Crippen LogP contribution in [0.5, 0.6) is 5.75 Å². The van der Waals surface area contributed by atoms with Crippen LogP contribution in [-0.4, -0.2) is 6.61 Å². The summed E-state index contributed by atoms with van der Waals surface area (Å²) < 4.78 is 6.07. The molecule has 0 bridgehead atoms. The van der Waals surface area contributed by atoms with Crippen molar-refractivity contribution in [2.45, 2.75) is 45.4 Å². The monoisotopic (exact) mass is 354 g/mol. The topological polar surface area (TPSA) is 9.23 Å². The van der Waals surface area contributed by atoms with Crippen LogP contribution >= 0.6 is 0 Å². The Morgan fingerprint density at radius 2 is 1.85 bits per heavy atom. The normalized spacial score (nSPS) is 14.0. The van der Waals surface area contributed by atoms with Crippen LogP contribution in [0.15, 0.2) is 48.5 Å². The Morgan fingerprint density at radius 1 is 0.963 bits per heavy atom. The maximum Gasteiger partial charge on any atom is 0.135 e. The van der Waals surface area contributed by atoms with E-state index in [4.69, 9.17) is 4.74 Å². The highest BCUT2D eigenvalue weighted by atomic mass is 16.5. The third kappa shape index (κ3) is 2.77. The van der Waals surface area contributed by atoms with Gasteiger partial charge < -0.3 is 4.74 Å². The minimum Gasteiger partial charge on any atom is -0.488 e. The molecule has 2 aliphatic rings. The Morgan fingerprint density at radius 3 is 2.74 bits per heavy atom. The third-order valence-electron chi connectivity index (χ3n) is 6.05. The highest BCUT2D eigenvalue weighted by Crippen LogP contribution is 2.48. The number of aryl methyl sites for hydroxylation is 1. The number of rotatable bonds is 5. The number of unbranched alkanes of at least 4 members (excludes halogenated alkanes) is 3. The van der Waals surface area contributed by atoms with Crippen molar-refractivity contribution in [3.05, 3.63) is 70.8 Å². The van der Waals surface area contributed by atoms with Crippen LogP contribution in [0, 0.1) is 0 Å². The second-order valence-electron chi connectivity index (χ2n) is 7.83. The predicted octanol–water partition coefficient (Wildman–Crippen LogP) is 6.94. The summed E-state index contributed by atoms with van der Waals surface area (Å²) in [6, 6.07) is 15.9. The molecule has 0 aromatic heterocycles. The zero-order valence-corrected chi connectivity index (χ0v) is 16.1. The van der Waals surface area contributed by atoms with Crippen molar-refractivity contribution in [1.29, 1.82) is 0 Å². The predicted molar refractivity (Wildman–Crippen MR) is 115 cm³/mol. The maximum absolute atomic E-state index is 6.07. The van der Waals surface area contributed by atoms with Crippen molar-refractivity contribution < 1.29 is 4.74 Å². The van der Waals surface area contributed by atoms with Crippen LogP contribution < -0.4 is 4.74 Å². The Kier molecular flexibility index (Phi) is 4.24. The molecule has 1 nitrogen and oxygen atoms in total. The molecule has 27 heavy (non-hydrogen) atoms. The minimum absolute atomic E-state index is 0.671. The summed E-state index contributed by atoms with van der Waals surface area (Å²) >= 11 is 0. The molecule has 1 heterocycles. The van der Waals surface area contributed by atoms with Crippen LogP contribution in [-0.2, 0) is 12.8 Å². The summed E-state index contributed by atoms with van der Waals surface area (Å²) in [7, 11) is 0. The molecule has 0 radical (unpaired) electrons. The lowest BCUT2D eigenvalue weighted by atomic mass is 9.92. The summed E-state index contributed by atoms with van der Waals surface area (Å²) in [6.07, 6.45) is 11.9. The number of hydrogen-bond acceptors (Lipinski definition) is 1. The van der Waals surface area contributed by atoms with E-state index in [0.29, 0.717) is 6.61 Å². The van der Waals surface area contributed by atoms with Crippen LogP contribution in [0.2, 0.25) is 0 Å². The lowest BCUT2D eigenvalue weighted by Crippen LogP contribution is -2.04. The molecule has 0 atom stereocenters. The van der Waals surface area contributed by atoms with Crippen LogP contribution in [0.4, 0.5) is 0 Å². The summed E-state index contributed by atoms with van der Waals surface area (Å²) in [5.74, 6) is 1.07. The van der Waals surface area contributed by atoms with E-state index in [0.717, 1.165) is 12.2 Å². The Hall–Kier alpha value is -2.54. The molecule has 1 heteroatoms.